The molecule has 0 aliphatic rings. The topological polar surface area (TPSA) is 29.3 Å². The Bertz CT molecular complexity index is 164. The Kier molecular flexibility index (Phi) is 9.70. The van der Waals surface area contributed by atoms with Crippen molar-refractivity contribution < 1.29 is 0 Å². The van der Waals surface area contributed by atoms with Crippen molar-refractivity contribution >= 4 is 0 Å². The summed E-state index contributed by atoms with van der Waals surface area (Å²) in [6.45, 7) is 7.64. The van der Waals surface area contributed by atoms with Crippen molar-refractivity contribution in [1.29, 1.82) is 0 Å². The van der Waals surface area contributed by atoms with Gasteiger partial charge in [-0.3, -0.25) is 0 Å². The van der Waals surface area contributed by atoms with E-state index in [4.69, 9.17) is 5.84 Å². The Balaban J connectivity index is 3.72. The number of nitrogens with zero attached hydrogens (tertiary/aromatic N) is 1. The molecule has 0 aromatic rings. The van der Waals surface area contributed by atoms with Crippen LogP contribution in [0.15, 0.2) is 11.8 Å². The summed E-state index contributed by atoms with van der Waals surface area (Å²) in [5.41, 5.74) is 1.47. The van der Waals surface area contributed by atoms with Crippen molar-refractivity contribution in [2.24, 2.45) is 5.84 Å². The van der Waals surface area contributed by atoms with Gasteiger partial charge in [0.2, 0.25) is 0 Å². The van der Waals surface area contributed by atoms with Crippen molar-refractivity contribution in [3.05, 3.63) is 11.8 Å². The van der Waals surface area contributed by atoms with E-state index >= 15 is 0 Å². The lowest BCUT2D eigenvalue weighted by Gasteiger charge is -2.15. The van der Waals surface area contributed by atoms with Crippen LogP contribution in [0.3, 0.4) is 0 Å². The minimum atomic E-state index is 0.993. The van der Waals surface area contributed by atoms with Gasteiger partial charge in [0.25, 0.3) is 0 Å². The largest absolute Gasteiger partial charge is 0.318 e. The van der Waals surface area contributed by atoms with E-state index in [1.54, 1.807) is 0 Å². The van der Waals surface area contributed by atoms with E-state index in [2.05, 4.69) is 27.0 Å². The molecule has 0 atom stereocenters. The van der Waals surface area contributed by atoms with Crippen LogP contribution in [0.5, 0.6) is 0 Å². The molecule has 0 fully saturated rings. The van der Waals surface area contributed by atoms with Crippen LogP contribution < -0.4 is 5.84 Å². The molecular weight excluding hydrogens is 184 g/mol. The van der Waals surface area contributed by atoms with Crippen LogP contribution in [0.2, 0.25) is 0 Å². The lowest BCUT2D eigenvalue weighted by atomic mass is 10.1. The Morgan fingerprint density at radius 2 is 1.80 bits per heavy atom. The predicted octanol–water partition coefficient (Wildman–Crippen LogP) is 3.84. The van der Waals surface area contributed by atoms with E-state index in [-0.39, 0.29) is 0 Å². The maximum absolute atomic E-state index is 5.92. The number of hydrazine groups is 1. The molecule has 0 radical (unpaired) electrons. The van der Waals surface area contributed by atoms with E-state index in [1.807, 2.05) is 5.01 Å². The van der Waals surface area contributed by atoms with Crippen LogP contribution in [0.25, 0.3) is 0 Å². The lowest BCUT2D eigenvalue weighted by Crippen LogP contribution is -2.26. The van der Waals surface area contributed by atoms with Crippen molar-refractivity contribution in [1.82, 2.24) is 5.01 Å². The van der Waals surface area contributed by atoms with Gasteiger partial charge < -0.3 is 5.01 Å². The lowest BCUT2D eigenvalue weighted by molar-refractivity contribution is 0.373. The van der Waals surface area contributed by atoms with Gasteiger partial charge in [-0.05, 0) is 19.3 Å². The number of allylic oxidation sites excluding steroid dienone is 1. The smallest absolute Gasteiger partial charge is 0.0335 e. The third-order valence-corrected chi connectivity index (χ3v) is 2.64. The molecule has 0 aromatic carbocycles. The van der Waals surface area contributed by atoms with Gasteiger partial charge in [-0.2, -0.15) is 0 Å². The Morgan fingerprint density at radius 1 is 1.07 bits per heavy atom. The quantitative estimate of drug-likeness (QED) is 0.357. The van der Waals surface area contributed by atoms with Crippen LogP contribution in [-0.2, 0) is 0 Å². The molecule has 0 spiro atoms. The first-order chi connectivity index (χ1) is 7.24. The summed E-state index contributed by atoms with van der Waals surface area (Å²) < 4.78 is 0. The average molecular weight is 212 g/mol. The summed E-state index contributed by atoms with van der Waals surface area (Å²) in [5.74, 6) is 5.92. The Labute approximate surface area is 95.5 Å². The highest BCUT2D eigenvalue weighted by atomic mass is 15.4. The molecule has 2 heteroatoms. The van der Waals surface area contributed by atoms with Gasteiger partial charge in [0.05, 0.1) is 0 Å². The van der Waals surface area contributed by atoms with E-state index in [1.165, 1.54) is 44.1 Å². The first kappa shape index (κ1) is 14.5. The van der Waals surface area contributed by atoms with Crippen molar-refractivity contribution in [2.75, 3.05) is 6.54 Å². The molecular formula is C13H28N2. The first-order valence-corrected chi connectivity index (χ1v) is 6.45. The van der Waals surface area contributed by atoms with E-state index < -0.39 is 0 Å². The molecule has 0 aromatic heterocycles. The number of hydrogen-bond donors (Lipinski definition) is 1. The highest BCUT2D eigenvalue weighted by molar-refractivity contribution is 4.99. The molecule has 0 heterocycles. The van der Waals surface area contributed by atoms with Crippen LogP contribution in [0.4, 0.5) is 0 Å². The van der Waals surface area contributed by atoms with Crippen molar-refractivity contribution in [2.45, 2.75) is 65.7 Å². The normalized spacial score (nSPS) is 11.9. The third-order valence-electron chi connectivity index (χ3n) is 2.64. The second-order valence-corrected chi connectivity index (χ2v) is 4.19. The average Bonchev–Trinajstić information content (AvgIpc) is 2.24. The van der Waals surface area contributed by atoms with Gasteiger partial charge in [0, 0.05) is 12.7 Å². The fourth-order valence-corrected chi connectivity index (χ4v) is 1.67. The predicted molar refractivity (Wildman–Crippen MR) is 68.3 cm³/mol. The molecule has 0 unspecified atom stereocenters. The zero-order chi connectivity index (χ0) is 11.5. The SMILES string of the molecule is CCCCCCN(N)/C=C(/CC)CCC. The van der Waals surface area contributed by atoms with Crippen LogP contribution >= 0.6 is 0 Å². The number of unbranched alkanes of at least 4 members (excludes halogenated alkanes) is 3. The molecule has 0 aliphatic heterocycles. The Hall–Kier alpha value is -0.500. The second-order valence-electron chi connectivity index (χ2n) is 4.19. The van der Waals surface area contributed by atoms with Crippen molar-refractivity contribution in [3.63, 3.8) is 0 Å². The van der Waals surface area contributed by atoms with Crippen LogP contribution in [0, 0.1) is 0 Å². The zero-order valence-electron chi connectivity index (χ0n) is 10.8. The summed E-state index contributed by atoms with van der Waals surface area (Å²) in [5, 5.41) is 1.87. The molecule has 2 N–H and O–H groups in total. The van der Waals surface area contributed by atoms with Gasteiger partial charge in [-0.15, -0.1) is 0 Å². The monoisotopic (exact) mass is 212 g/mol. The molecule has 0 saturated heterocycles. The molecule has 0 aliphatic carbocycles. The number of hydrogen-bond acceptors (Lipinski definition) is 2. The maximum atomic E-state index is 5.92. The molecule has 0 saturated carbocycles. The van der Waals surface area contributed by atoms with Gasteiger partial charge in [-0.25, -0.2) is 5.84 Å². The summed E-state index contributed by atoms with van der Waals surface area (Å²) in [4.78, 5) is 0. The van der Waals surface area contributed by atoms with Gasteiger partial charge in [0.1, 0.15) is 0 Å². The molecule has 15 heavy (non-hydrogen) atoms. The fourth-order valence-electron chi connectivity index (χ4n) is 1.67. The minimum Gasteiger partial charge on any atom is -0.318 e. The third kappa shape index (κ3) is 8.49. The highest BCUT2D eigenvalue weighted by Crippen LogP contribution is 2.09. The number of nitrogens with two attached hydrogens (primary N) is 1. The van der Waals surface area contributed by atoms with Gasteiger partial charge in [-0.1, -0.05) is 52.0 Å². The van der Waals surface area contributed by atoms with E-state index in [0.717, 1.165) is 13.0 Å². The first-order valence-electron chi connectivity index (χ1n) is 6.45. The highest BCUT2D eigenvalue weighted by Gasteiger charge is 1.97. The maximum Gasteiger partial charge on any atom is 0.0335 e. The molecule has 90 valence electrons. The molecule has 2 nitrogen and oxygen atoms in total. The van der Waals surface area contributed by atoms with Crippen LogP contribution in [0.1, 0.15) is 65.7 Å². The zero-order valence-corrected chi connectivity index (χ0v) is 10.8. The molecule has 0 amide bonds. The summed E-state index contributed by atoms with van der Waals surface area (Å²) in [7, 11) is 0. The minimum absolute atomic E-state index is 0.993. The number of rotatable bonds is 9. The fraction of sp³-hybridized carbons (Fsp3) is 0.846. The summed E-state index contributed by atoms with van der Waals surface area (Å²) in [6, 6.07) is 0. The van der Waals surface area contributed by atoms with Crippen LogP contribution in [-0.4, -0.2) is 11.6 Å². The molecule has 0 rings (SSSR count). The molecule has 0 bridgehead atoms. The van der Waals surface area contributed by atoms with Crippen molar-refractivity contribution in [3.8, 4) is 0 Å². The summed E-state index contributed by atoms with van der Waals surface area (Å²) >= 11 is 0. The summed E-state index contributed by atoms with van der Waals surface area (Å²) in [6.07, 6.45) is 10.8. The van der Waals surface area contributed by atoms with Gasteiger partial charge >= 0.3 is 0 Å². The van der Waals surface area contributed by atoms with Gasteiger partial charge in [0.15, 0.2) is 0 Å². The second kappa shape index (κ2) is 10.0. The van der Waals surface area contributed by atoms with E-state index in [9.17, 15) is 0 Å². The standard InChI is InChI=1S/C13H28N2/c1-4-7-8-9-11-15(14)12-13(6-3)10-5-2/h12H,4-11,14H2,1-3H3/b13-12-. The van der Waals surface area contributed by atoms with E-state index in [0.29, 0.717) is 0 Å². The Morgan fingerprint density at radius 3 is 2.33 bits per heavy atom.